The van der Waals surface area contributed by atoms with Gasteiger partial charge in [0.05, 0.1) is 11.2 Å². The normalized spacial score (nSPS) is 11.8. The molecule has 6 rings (SSSR count). The summed E-state index contributed by atoms with van der Waals surface area (Å²) in [7, 11) is 0. The first-order valence-electron chi connectivity index (χ1n) is 15.0. The Morgan fingerprint density at radius 3 is 2.20 bits per heavy atom. The molecule has 0 aliphatic rings. The van der Waals surface area contributed by atoms with E-state index in [1.165, 1.54) is 6.33 Å². The molecular formula is C37H35N5O4. The van der Waals surface area contributed by atoms with E-state index in [9.17, 15) is 9.59 Å². The van der Waals surface area contributed by atoms with E-state index in [4.69, 9.17) is 9.15 Å². The standard InChI is InChI=1S/C37H35N5O4/c1-36(2,3)46-35(44)42-37(4,5)24-15-13-23(14-16-24)34(43)41-26-19-17-25(18-20-26)40-32-21-30(38-22-39-32)29-11-8-10-28-27-9-6-7-12-31(27)45-33(28)29/h6-22H,1-5H3,(H,41,43)(H,42,44)(H,38,39,40). The molecule has 0 saturated carbocycles. The average molecular weight is 614 g/mol. The van der Waals surface area contributed by atoms with Crippen LogP contribution in [0.3, 0.4) is 0 Å². The summed E-state index contributed by atoms with van der Waals surface area (Å²) < 4.78 is 11.6. The molecule has 46 heavy (non-hydrogen) atoms. The van der Waals surface area contributed by atoms with Crippen LogP contribution in [-0.2, 0) is 10.3 Å². The van der Waals surface area contributed by atoms with Crippen LogP contribution in [0.5, 0.6) is 0 Å². The summed E-state index contributed by atoms with van der Waals surface area (Å²) in [4.78, 5) is 34.2. The van der Waals surface area contributed by atoms with Crippen molar-refractivity contribution in [1.29, 1.82) is 0 Å². The van der Waals surface area contributed by atoms with E-state index < -0.39 is 17.2 Å². The largest absolute Gasteiger partial charge is 0.455 e. The number of alkyl carbamates (subject to hydrolysis) is 1. The quantitative estimate of drug-likeness (QED) is 0.165. The Morgan fingerprint density at radius 2 is 1.46 bits per heavy atom. The molecule has 2 aromatic heterocycles. The molecule has 0 spiro atoms. The fourth-order valence-corrected chi connectivity index (χ4v) is 5.18. The van der Waals surface area contributed by atoms with Gasteiger partial charge in [-0.2, -0.15) is 0 Å². The number of nitrogens with zero attached hydrogens (tertiary/aromatic N) is 2. The van der Waals surface area contributed by atoms with Crippen LogP contribution in [0, 0.1) is 0 Å². The van der Waals surface area contributed by atoms with Crippen molar-refractivity contribution in [2.45, 2.75) is 45.8 Å². The number of hydrogen-bond donors (Lipinski definition) is 3. The molecule has 0 radical (unpaired) electrons. The minimum absolute atomic E-state index is 0.245. The highest BCUT2D eigenvalue weighted by atomic mass is 16.6. The Labute approximate surface area is 267 Å². The summed E-state index contributed by atoms with van der Waals surface area (Å²) in [5.41, 5.74) is 4.73. The van der Waals surface area contributed by atoms with Crippen LogP contribution in [0.15, 0.2) is 108 Å². The van der Waals surface area contributed by atoms with Gasteiger partial charge in [0.15, 0.2) is 0 Å². The van der Waals surface area contributed by atoms with Crippen molar-refractivity contribution in [2.75, 3.05) is 10.6 Å². The average Bonchev–Trinajstić information content (AvgIpc) is 3.40. The number of amides is 2. The van der Waals surface area contributed by atoms with Crippen LogP contribution < -0.4 is 16.0 Å². The van der Waals surface area contributed by atoms with Gasteiger partial charge in [0, 0.05) is 39.3 Å². The molecule has 0 saturated heterocycles. The second-order valence-corrected chi connectivity index (χ2v) is 12.6. The number of carbonyl (C=O) groups is 2. The van der Waals surface area contributed by atoms with Gasteiger partial charge in [0.2, 0.25) is 0 Å². The third-order valence-corrected chi connectivity index (χ3v) is 7.44. The van der Waals surface area contributed by atoms with Crippen molar-refractivity contribution in [3.63, 3.8) is 0 Å². The van der Waals surface area contributed by atoms with E-state index in [-0.39, 0.29) is 5.91 Å². The fourth-order valence-electron chi connectivity index (χ4n) is 5.18. The Kier molecular flexibility index (Phi) is 7.92. The van der Waals surface area contributed by atoms with Crippen LogP contribution in [0.2, 0.25) is 0 Å². The highest BCUT2D eigenvalue weighted by Gasteiger charge is 2.26. The van der Waals surface area contributed by atoms with Crippen molar-refractivity contribution in [3.8, 4) is 11.3 Å². The number of rotatable bonds is 7. The van der Waals surface area contributed by atoms with Gasteiger partial charge in [-0.15, -0.1) is 0 Å². The number of furan rings is 1. The van der Waals surface area contributed by atoms with E-state index in [1.54, 1.807) is 12.1 Å². The molecule has 9 heteroatoms. The highest BCUT2D eigenvalue weighted by Crippen LogP contribution is 2.35. The summed E-state index contributed by atoms with van der Waals surface area (Å²) in [6.07, 6.45) is 1.02. The predicted molar refractivity (Wildman–Crippen MR) is 181 cm³/mol. The molecule has 232 valence electrons. The van der Waals surface area contributed by atoms with Crippen molar-refractivity contribution < 1.29 is 18.7 Å². The Hall–Kier alpha value is -5.70. The van der Waals surface area contributed by atoms with Gasteiger partial charge in [0.25, 0.3) is 5.91 Å². The maximum absolute atomic E-state index is 13.0. The molecule has 2 heterocycles. The smallest absolute Gasteiger partial charge is 0.408 e. The number of para-hydroxylation sites is 2. The lowest BCUT2D eigenvalue weighted by molar-refractivity contribution is 0.0470. The van der Waals surface area contributed by atoms with Gasteiger partial charge in [-0.25, -0.2) is 14.8 Å². The molecule has 0 aliphatic heterocycles. The van der Waals surface area contributed by atoms with E-state index in [1.807, 2.05) is 113 Å². The van der Waals surface area contributed by atoms with Gasteiger partial charge in [-0.05, 0) is 88.7 Å². The molecule has 9 nitrogen and oxygen atoms in total. The van der Waals surface area contributed by atoms with E-state index in [2.05, 4.69) is 32.0 Å². The van der Waals surface area contributed by atoms with E-state index in [0.717, 1.165) is 44.4 Å². The third kappa shape index (κ3) is 6.68. The van der Waals surface area contributed by atoms with E-state index >= 15 is 0 Å². The van der Waals surface area contributed by atoms with Crippen LogP contribution in [0.4, 0.5) is 22.0 Å². The van der Waals surface area contributed by atoms with Gasteiger partial charge in [0.1, 0.15) is 28.9 Å². The molecule has 0 fully saturated rings. The first-order valence-corrected chi connectivity index (χ1v) is 15.0. The number of fused-ring (bicyclic) bond motifs is 3. The number of carbonyl (C=O) groups excluding carboxylic acids is 2. The number of aromatic nitrogens is 2. The third-order valence-electron chi connectivity index (χ3n) is 7.44. The van der Waals surface area contributed by atoms with Gasteiger partial charge >= 0.3 is 6.09 Å². The van der Waals surface area contributed by atoms with E-state index in [0.29, 0.717) is 17.1 Å². The highest BCUT2D eigenvalue weighted by molar-refractivity contribution is 6.09. The van der Waals surface area contributed by atoms with Crippen molar-refractivity contribution in [3.05, 3.63) is 115 Å². The summed E-state index contributed by atoms with van der Waals surface area (Å²) in [5, 5.41) is 11.2. The first-order chi connectivity index (χ1) is 21.9. The first kappa shape index (κ1) is 30.3. The maximum atomic E-state index is 13.0. The van der Waals surface area contributed by atoms with Gasteiger partial charge < -0.3 is 25.1 Å². The number of nitrogens with one attached hydrogen (secondary N) is 3. The lowest BCUT2D eigenvalue weighted by Gasteiger charge is -2.29. The number of benzene rings is 4. The summed E-state index contributed by atoms with van der Waals surface area (Å²) in [5.74, 6) is 0.379. The molecule has 0 atom stereocenters. The molecule has 6 aromatic rings. The molecule has 0 bridgehead atoms. The number of hydrogen-bond acceptors (Lipinski definition) is 7. The lowest BCUT2D eigenvalue weighted by Crippen LogP contribution is -2.43. The Bertz CT molecular complexity index is 2040. The molecule has 0 unspecified atom stereocenters. The van der Waals surface area contributed by atoms with Crippen LogP contribution in [0.25, 0.3) is 33.2 Å². The lowest BCUT2D eigenvalue weighted by atomic mass is 9.93. The van der Waals surface area contributed by atoms with Gasteiger partial charge in [-0.3, -0.25) is 4.79 Å². The second kappa shape index (κ2) is 12.0. The Balaban J connectivity index is 1.10. The Morgan fingerprint density at radius 1 is 0.761 bits per heavy atom. The van der Waals surface area contributed by atoms with Crippen LogP contribution >= 0.6 is 0 Å². The minimum atomic E-state index is -0.689. The zero-order valence-corrected chi connectivity index (χ0v) is 26.3. The number of anilines is 3. The summed E-state index contributed by atoms with van der Waals surface area (Å²) in [6.45, 7) is 9.21. The molecule has 4 aromatic carbocycles. The molecule has 0 aliphatic carbocycles. The van der Waals surface area contributed by atoms with Crippen molar-refractivity contribution in [1.82, 2.24) is 15.3 Å². The summed E-state index contributed by atoms with van der Waals surface area (Å²) in [6, 6.07) is 30.4. The number of ether oxygens (including phenoxy) is 1. The molecular weight excluding hydrogens is 578 g/mol. The minimum Gasteiger partial charge on any atom is -0.455 e. The SMILES string of the molecule is CC(C)(C)OC(=O)NC(C)(C)c1ccc(C(=O)Nc2ccc(Nc3cc(-c4cccc5c4oc4ccccc45)ncn3)cc2)cc1. The molecule has 3 N–H and O–H groups in total. The summed E-state index contributed by atoms with van der Waals surface area (Å²) >= 11 is 0. The molecule has 2 amide bonds. The fraction of sp³-hybridized carbons (Fsp3) is 0.189. The zero-order chi connectivity index (χ0) is 32.5. The van der Waals surface area contributed by atoms with Crippen molar-refractivity contribution in [2.24, 2.45) is 0 Å². The predicted octanol–water partition coefficient (Wildman–Crippen LogP) is 8.80. The second-order valence-electron chi connectivity index (χ2n) is 12.6. The zero-order valence-electron chi connectivity index (χ0n) is 26.3. The van der Waals surface area contributed by atoms with Crippen molar-refractivity contribution >= 4 is 51.1 Å². The monoisotopic (exact) mass is 613 g/mol. The topological polar surface area (TPSA) is 118 Å². The maximum Gasteiger partial charge on any atom is 0.408 e. The van der Waals surface area contributed by atoms with Gasteiger partial charge in [-0.1, -0.05) is 42.5 Å². The van der Waals surface area contributed by atoms with Crippen LogP contribution in [0.1, 0.15) is 50.5 Å². The van der Waals surface area contributed by atoms with Crippen LogP contribution in [-0.4, -0.2) is 27.6 Å².